The number of carboxylic acid groups (broad SMARTS) is 1. The zero-order valence-electron chi connectivity index (χ0n) is 60.9. The first-order valence-corrected chi connectivity index (χ1v) is 38.9. The van der Waals surface area contributed by atoms with Crippen molar-refractivity contribution in [3.8, 4) is 0 Å². The van der Waals surface area contributed by atoms with Crippen LogP contribution in [0.25, 0.3) is 0 Å². The molecule has 2 unspecified atom stereocenters. The summed E-state index contributed by atoms with van der Waals surface area (Å²) in [6.45, 7) is 4.62. The Hall–Kier alpha value is -3.79. The second-order valence-corrected chi connectivity index (χ2v) is 27.3. The molecule has 0 amide bonds. The van der Waals surface area contributed by atoms with Gasteiger partial charge in [0.15, 0.2) is 12.4 Å². The molecule has 0 aromatic rings. The molecule has 0 bridgehead atoms. The fourth-order valence-electron chi connectivity index (χ4n) is 11.2. The summed E-state index contributed by atoms with van der Waals surface area (Å²) in [5, 5.41) is 11.8. The van der Waals surface area contributed by atoms with E-state index in [1.165, 1.54) is 238 Å². The van der Waals surface area contributed by atoms with Crippen molar-refractivity contribution in [2.24, 2.45) is 0 Å². The first kappa shape index (κ1) is 88.2. The minimum Gasteiger partial charge on any atom is -0.545 e. The number of rotatable bonds is 72. The van der Waals surface area contributed by atoms with Gasteiger partial charge in [-0.2, -0.15) is 0 Å². The summed E-state index contributed by atoms with van der Waals surface area (Å²) in [6, 6.07) is 0. The third-order valence-corrected chi connectivity index (χ3v) is 17.1. The second kappa shape index (κ2) is 73.0. The maximum absolute atomic E-state index is 12.9. The Balaban J connectivity index is 4.03. The van der Waals surface area contributed by atoms with Crippen LogP contribution in [0.1, 0.15) is 354 Å². The van der Waals surface area contributed by atoms with Gasteiger partial charge in [-0.15, -0.1) is 0 Å². The molecule has 92 heavy (non-hydrogen) atoms. The predicted octanol–water partition coefficient (Wildman–Crippen LogP) is 23.4. The van der Waals surface area contributed by atoms with Crippen molar-refractivity contribution in [1.29, 1.82) is 0 Å². The Bertz CT molecular complexity index is 1840. The van der Waals surface area contributed by atoms with E-state index in [1.54, 1.807) is 0 Å². The predicted molar refractivity (Wildman–Crippen MR) is 394 cm³/mol. The fourth-order valence-corrected chi connectivity index (χ4v) is 11.2. The second-order valence-electron chi connectivity index (χ2n) is 27.3. The summed E-state index contributed by atoms with van der Waals surface area (Å²) in [5.74, 6) is -2.34. The van der Waals surface area contributed by atoms with Crippen LogP contribution in [0.5, 0.6) is 0 Å². The van der Waals surface area contributed by atoms with Crippen molar-refractivity contribution >= 4 is 17.9 Å². The highest BCUT2D eigenvalue weighted by Gasteiger charge is 2.22. The molecule has 0 aliphatic rings. The summed E-state index contributed by atoms with van der Waals surface area (Å²) in [6.07, 6.45) is 98.4. The van der Waals surface area contributed by atoms with Crippen molar-refractivity contribution in [2.45, 2.75) is 367 Å². The van der Waals surface area contributed by atoms with Gasteiger partial charge in [0.05, 0.1) is 40.3 Å². The van der Waals surface area contributed by atoms with Crippen molar-refractivity contribution in [3.63, 3.8) is 0 Å². The number of hydrogen-bond donors (Lipinski definition) is 0. The number of nitrogens with zero attached hydrogens (tertiary/aromatic N) is 1. The maximum atomic E-state index is 12.9. The van der Waals surface area contributed by atoms with Gasteiger partial charge in [-0.25, -0.2) is 0 Å². The van der Waals surface area contributed by atoms with Gasteiger partial charge in [-0.3, -0.25) is 9.59 Å². The monoisotopic (exact) mass is 1290 g/mol. The molecule has 9 heteroatoms. The summed E-state index contributed by atoms with van der Waals surface area (Å²) in [4.78, 5) is 37.5. The van der Waals surface area contributed by atoms with E-state index in [0.29, 0.717) is 17.4 Å². The number of ether oxygens (including phenoxy) is 4. The van der Waals surface area contributed by atoms with Gasteiger partial charge in [-0.05, 0) is 77.0 Å². The minimum atomic E-state index is -1.64. The Labute approximate surface area is 569 Å². The third kappa shape index (κ3) is 73.6. The van der Waals surface area contributed by atoms with Crippen molar-refractivity contribution in [1.82, 2.24) is 0 Å². The number of hydrogen-bond acceptors (Lipinski definition) is 8. The van der Waals surface area contributed by atoms with Gasteiger partial charge in [0.2, 0.25) is 0 Å². The first-order chi connectivity index (χ1) is 45.1. The molecule has 0 aromatic heterocycles. The number of aliphatic carboxylic acids is 1. The standard InChI is InChI=1S/C83H147NO8/c1-6-8-10-12-14-16-18-20-22-24-26-28-30-32-34-35-36-37-38-39-40-41-42-43-44-45-46-48-49-51-53-55-57-59-61-63-65-67-69-71-73-80(85)90-77-79(78-91-83(82(87)88)89-76-75-84(3,4)5)92-81(86)74-72-70-68-66-64-62-60-58-56-54-52-50-47-33-31-29-27-25-23-21-19-17-15-13-11-9-7-2/h9,11,15,17,21,23,27,29,33,47,52,54,58,60,64,66,79,83H,6-8,10,12-14,16,18-20,22,24-26,28,30-32,34-46,48-51,53,55-57,59,61-63,65,67-78H2,1-5H3/b11-9-,17-15-,23-21-,29-27-,47-33-,54-52-,60-58-,66-64-. The van der Waals surface area contributed by atoms with Crippen LogP contribution >= 0.6 is 0 Å². The molecule has 0 aromatic carbocycles. The van der Waals surface area contributed by atoms with Crippen LogP contribution in [-0.2, 0) is 33.3 Å². The lowest BCUT2D eigenvalue weighted by Crippen LogP contribution is -2.44. The normalized spacial score (nSPS) is 13.2. The van der Waals surface area contributed by atoms with Gasteiger partial charge >= 0.3 is 11.9 Å². The molecule has 0 spiro atoms. The Kier molecular flexibility index (Phi) is 70.0. The molecule has 2 atom stereocenters. The summed E-state index contributed by atoms with van der Waals surface area (Å²) < 4.78 is 22.8. The van der Waals surface area contributed by atoms with Gasteiger partial charge < -0.3 is 33.3 Å². The van der Waals surface area contributed by atoms with Gasteiger partial charge in [0.25, 0.3) is 0 Å². The number of quaternary nitrogens is 1. The van der Waals surface area contributed by atoms with E-state index >= 15 is 0 Å². The summed E-state index contributed by atoms with van der Waals surface area (Å²) in [7, 11) is 5.92. The SMILES string of the molecule is CC/C=C\C/C=C\C/C=C\C/C=C\C/C=C\C/C=C\C/C=C\C/C=C\CCCCC(=O)OC(COC(=O)CCCCCCCCCCCCCCCCCCCCCCCCCCCCCCCCCCCCCCCCCC)COC(OCC[N+](C)(C)C)C(=O)[O-]. The quantitative estimate of drug-likeness (QED) is 0.0195. The van der Waals surface area contributed by atoms with Crippen LogP contribution in [0, 0.1) is 0 Å². The number of esters is 2. The highest BCUT2D eigenvalue weighted by atomic mass is 16.7. The molecule has 0 N–H and O–H groups in total. The zero-order chi connectivity index (χ0) is 66.8. The first-order valence-electron chi connectivity index (χ1n) is 38.9. The van der Waals surface area contributed by atoms with Gasteiger partial charge in [-0.1, -0.05) is 361 Å². The van der Waals surface area contributed by atoms with Crippen molar-refractivity contribution in [2.75, 3.05) is 47.5 Å². The number of likely N-dealkylation sites (N-methyl/N-ethyl adjacent to an activating group) is 1. The average molecular weight is 1290 g/mol. The molecule has 0 saturated carbocycles. The Morgan fingerprint density at radius 3 is 0.924 bits per heavy atom. The van der Waals surface area contributed by atoms with E-state index in [4.69, 9.17) is 18.9 Å². The van der Waals surface area contributed by atoms with Crippen molar-refractivity contribution < 1.29 is 42.9 Å². The molecule has 0 aliphatic heterocycles. The van der Waals surface area contributed by atoms with Crippen LogP contribution in [0.2, 0.25) is 0 Å². The van der Waals surface area contributed by atoms with Gasteiger partial charge in [0.1, 0.15) is 13.2 Å². The molecular weight excluding hydrogens is 1140 g/mol. The van der Waals surface area contributed by atoms with E-state index in [1.807, 2.05) is 21.1 Å². The lowest BCUT2D eigenvalue weighted by atomic mass is 10.0. The minimum absolute atomic E-state index is 0.135. The maximum Gasteiger partial charge on any atom is 0.306 e. The highest BCUT2D eigenvalue weighted by Crippen LogP contribution is 2.19. The average Bonchev–Trinajstić information content (AvgIpc) is 3.70. The smallest absolute Gasteiger partial charge is 0.306 e. The van der Waals surface area contributed by atoms with E-state index in [2.05, 4.69) is 111 Å². The molecule has 0 aliphatic carbocycles. The van der Waals surface area contributed by atoms with E-state index in [0.717, 1.165) is 83.5 Å². The lowest BCUT2D eigenvalue weighted by Gasteiger charge is -2.26. The molecular formula is C83H147NO8. The number of unbranched alkanes of at least 4 members (excludes halogenated alkanes) is 41. The van der Waals surface area contributed by atoms with Crippen LogP contribution in [-0.4, -0.2) is 82.3 Å². The highest BCUT2D eigenvalue weighted by molar-refractivity contribution is 5.70. The Morgan fingerprint density at radius 1 is 0.337 bits per heavy atom. The van der Waals surface area contributed by atoms with E-state index < -0.39 is 24.3 Å². The molecule has 0 fully saturated rings. The van der Waals surface area contributed by atoms with Crippen LogP contribution < -0.4 is 5.11 Å². The van der Waals surface area contributed by atoms with Gasteiger partial charge in [0, 0.05) is 12.8 Å². The fraction of sp³-hybridized carbons (Fsp3) is 0.771. The van der Waals surface area contributed by atoms with E-state index in [-0.39, 0.29) is 38.6 Å². The Morgan fingerprint density at radius 2 is 0.620 bits per heavy atom. The molecule has 0 radical (unpaired) electrons. The number of carboxylic acids is 1. The number of carbonyl (C=O) groups excluding carboxylic acids is 3. The molecule has 0 heterocycles. The largest absolute Gasteiger partial charge is 0.545 e. The number of allylic oxidation sites excluding steroid dienone is 16. The topological polar surface area (TPSA) is 111 Å². The summed E-state index contributed by atoms with van der Waals surface area (Å²) >= 11 is 0. The van der Waals surface area contributed by atoms with Crippen LogP contribution in [0.15, 0.2) is 97.2 Å². The van der Waals surface area contributed by atoms with Crippen molar-refractivity contribution in [3.05, 3.63) is 97.2 Å². The molecule has 9 nitrogen and oxygen atoms in total. The molecule has 0 saturated heterocycles. The third-order valence-electron chi connectivity index (χ3n) is 17.1. The zero-order valence-corrected chi connectivity index (χ0v) is 60.9. The molecule has 532 valence electrons. The van der Waals surface area contributed by atoms with E-state index in [9.17, 15) is 19.5 Å². The van der Waals surface area contributed by atoms with Crippen LogP contribution in [0.3, 0.4) is 0 Å². The summed E-state index contributed by atoms with van der Waals surface area (Å²) in [5.41, 5.74) is 0. The number of carbonyl (C=O) groups is 3. The van der Waals surface area contributed by atoms with Crippen LogP contribution in [0.4, 0.5) is 0 Å². The lowest BCUT2D eigenvalue weighted by molar-refractivity contribution is -0.870. The molecule has 0 rings (SSSR count).